The molecule has 2 aromatic rings. The molecule has 1 aliphatic rings. The molecule has 120 valence electrons. The molecule has 5 nitrogen and oxygen atoms in total. The number of nitrogens with one attached hydrogen (secondary N) is 1. The van der Waals surface area contributed by atoms with Crippen molar-refractivity contribution in [2.45, 2.75) is 19.8 Å². The number of aromatic nitrogens is 2. The summed E-state index contributed by atoms with van der Waals surface area (Å²) in [6, 6.07) is 12.0. The molecule has 1 saturated heterocycles. The van der Waals surface area contributed by atoms with Crippen LogP contribution < -0.4 is 10.2 Å². The lowest BCUT2D eigenvalue weighted by molar-refractivity contribution is -0.119. The quantitative estimate of drug-likeness (QED) is 0.942. The van der Waals surface area contributed by atoms with Crippen LogP contribution in [0.3, 0.4) is 0 Å². The predicted molar refractivity (Wildman–Crippen MR) is 91.1 cm³/mol. The van der Waals surface area contributed by atoms with E-state index >= 15 is 0 Å². The minimum atomic E-state index is 0.0516. The van der Waals surface area contributed by atoms with Gasteiger partial charge in [-0.1, -0.05) is 30.3 Å². The molecule has 1 aliphatic heterocycles. The molecular formula is C18H22N4O. The highest BCUT2D eigenvalue weighted by molar-refractivity contribution is 5.72. The zero-order valence-electron chi connectivity index (χ0n) is 13.4. The number of rotatable bonds is 4. The highest BCUT2D eigenvalue weighted by Gasteiger charge is 2.20. The van der Waals surface area contributed by atoms with Crippen LogP contribution >= 0.6 is 0 Å². The Kier molecular flexibility index (Phi) is 4.86. The van der Waals surface area contributed by atoms with Crippen LogP contribution in [-0.2, 0) is 4.79 Å². The SMILES string of the molecule is CC(=O)NCC1CCN(c2ccnc(-c3ccccc3)n2)CC1. The maximum Gasteiger partial charge on any atom is 0.216 e. The van der Waals surface area contributed by atoms with Crippen molar-refractivity contribution < 1.29 is 4.79 Å². The summed E-state index contributed by atoms with van der Waals surface area (Å²) in [4.78, 5) is 22.4. The van der Waals surface area contributed by atoms with Crippen molar-refractivity contribution in [3.05, 3.63) is 42.6 Å². The van der Waals surface area contributed by atoms with Gasteiger partial charge < -0.3 is 10.2 Å². The normalized spacial score (nSPS) is 15.4. The highest BCUT2D eigenvalue weighted by Crippen LogP contribution is 2.23. The van der Waals surface area contributed by atoms with E-state index in [1.807, 2.05) is 42.6 Å². The predicted octanol–water partition coefficient (Wildman–Crippen LogP) is 2.50. The second-order valence-electron chi connectivity index (χ2n) is 5.97. The van der Waals surface area contributed by atoms with Gasteiger partial charge in [-0.3, -0.25) is 4.79 Å². The molecule has 0 saturated carbocycles. The van der Waals surface area contributed by atoms with Gasteiger partial charge in [0.25, 0.3) is 0 Å². The summed E-state index contributed by atoms with van der Waals surface area (Å²) in [6.07, 6.45) is 3.98. The number of carbonyl (C=O) groups is 1. The Morgan fingerprint density at radius 1 is 1.22 bits per heavy atom. The molecule has 0 unspecified atom stereocenters. The van der Waals surface area contributed by atoms with Crippen molar-refractivity contribution >= 4 is 11.7 Å². The molecule has 2 heterocycles. The van der Waals surface area contributed by atoms with Crippen molar-refractivity contribution in [3.8, 4) is 11.4 Å². The third kappa shape index (κ3) is 4.06. The fourth-order valence-electron chi connectivity index (χ4n) is 2.91. The van der Waals surface area contributed by atoms with Crippen molar-refractivity contribution in [3.63, 3.8) is 0 Å². The molecule has 0 bridgehead atoms. The lowest BCUT2D eigenvalue weighted by atomic mass is 9.97. The van der Waals surface area contributed by atoms with Crippen molar-refractivity contribution in [2.24, 2.45) is 5.92 Å². The van der Waals surface area contributed by atoms with Gasteiger partial charge in [0.1, 0.15) is 5.82 Å². The molecule has 3 rings (SSSR count). The lowest BCUT2D eigenvalue weighted by Gasteiger charge is -2.32. The second kappa shape index (κ2) is 7.22. The van der Waals surface area contributed by atoms with Crippen molar-refractivity contribution in [2.75, 3.05) is 24.5 Å². The monoisotopic (exact) mass is 310 g/mol. The molecule has 1 aromatic carbocycles. The van der Waals surface area contributed by atoms with E-state index in [1.165, 1.54) is 0 Å². The van der Waals surface area contributed by atoms with Crippen LogP contribution in [0.1, 0.15) is 19.8 Å². The number of piperidine rings is 1. The van der Waals surface area contributed by atoms with E-state index in [0.717, 1.165) is 49.7 Å². The van der Waals surface area contributed by atoms with Gasteiger partial charge in [0.05, 0.1) is 0 Å². The Balaban J connectivity index is 1.64. The second-order valence-corrected chi connectivity index (χ2v) is 5.97. The van der Waals surface area contributed by atoms with E-state index in [0.29, 0.717) is 5.92 Å². The average molecular weight is 310 g/mol. The molecule has 1 fully saturated rings. The first-order valence-corrected chi connectivity index (χ1v) is 8.10. The average Bonchev–Trinajstić information content (AvgIpc) is 2.61. The van der Waals surface area contributed by atoms with Crippen LogP contribution in [0.4, 0.5) is 5.82 Å². The summed E-state index contributed by atoms with van der Waals surface area (Å²) in [5.74, 6) is 2.36. The summed E-state index contributed by atoms with van der Waals surface area (Å²) < 4.78 is 0. The number of benzene rings is 1. The molecule has 1 N–H and O–H groups in total. The van der Waals surface area contributed by atoms with Gasteiger partial charge in [-0.05, 0) is 24.8 Å². The van der Waals surface area contributed by atoms with E-state index in [9.17, 15) is 4.79 Å². The fraction of sp³-hybridized carbons (Fsp3) is 0.389. The van der Waals surface area contributed by atoms with E-state index in [-0.39, 0.29) is 5.91 Å². The van der Waals surface area contributed by atoms with Crippen molar-refractivity contribution in [1.29, 1.82) is 0 Å². The number of hydrogen-bond acceptors (Lipinski definition) is 4. The van der Waals surface area contributed by atoms with E-state index in [2.05, 4.69) is 15.2 Å². The maximum atomic E-state index is 11.0. The summed E-state index contributed by atoms with van der Waals surface area (Å²) in [7, 11) is 0. The third-order valence-corrected chi connectivity index (χ3v) is 4.25. The molecular weight excluding hydrogens is 288 g/mol. The van der Waals surface area contributed by atoms with Gasteiger partial charge in [0, 0.05) is 38.3 Å². The maximum absolute atomic E-state index is 11.0. The Bertz CT molecular complexity index is 651. The third-order valence-electron chi connectivity index (χ3n) is 4.25. The van der Waals surface area contributed by atoms with Gasteiger partial charge in [0.15, 0.2) is 5.82 Å². The van der Waals surface area contributed by atoms with Gasteiger partial charge in [0.2, 0.25) is 5.91 Å². The molecule has 0 atom stereocenters. The van der Waals surface area contributed by atoms with Crippen LogP contribution in [0.15, 0.2) is 42.6 Å². The number of anilines is 1. The van der Waals surface area contributed by atoms with E-state index < -0.39 is 0 Å². The standard InChI is InChI=1S/C18H22N4O/c1-14(23)20-13-15-8-11-22(12-9-15)17-7-10-19-18(21-17)16-5-3-2-4-6-16/h2-7,10,15H,8-9,11-13H2,1H3,(H,20,23). The highest BCUT2D eigenvalue weighted by atomic mass is 16.1. The van der Waals surface area contributed by atoms with Gasteiger partial charge >= 0.3 is 0 Å². The topological polar surface area (TPSA) is 58.1 Å². The number of nitrogens with zero attached hydrogens (tertiary/aromatic N) is 3. The largest absolute Gasteiger partial charge is 0.356 e. The number of hydrogen-bond donors (Lipinski definition) is 1. The van der Waals surface area contributed by atoms with Crippen LogP contribution in [0.5, 0.6) is 0 Å². The molecule has 1 amide bonds. The lowest BCUT2D eigenvalue weighted by Crippen LogP contribution is -2.38. The smallest absolute Gasteiger partial charge is 0.216 e. The molecule has 0 aliphatic carbocycles. The minimum absolute atomic E-state index is 0.0516. The molecule has 1 aromatic heterocycles. The number of amides is 1. The molecule has 0 spiro atoms. The molecule has 23 heavy (non-hydrogen) atoms. The van der Waals surface area contributed by atoms with Gasteiger partial charge in [-0.2, -0.15) is 0 Å². The zero-order chi connectivity index (χ0) is 16.1. The first-order chi connectivity index (χ1) is 11.2. The Labute approximate surface area is 136 Å². The summed E-state index contributed by atoms with van der Waals surface area (Å²) in [6.45, 7) is 4.29. The van der Waals surface area contributed by atoms with E-state index in [1.54, 1.807) is 6.92 Å². The van der Waals surface area contributed by atoms with Gasteiger partial charge in [-0.15, -0.1) is 0 Å². The van der Waals surface area contributed by atoms with Crippen LogP contribution in [0, 0.1) is 5.92 Å². The number of carbonyl (C=O) groups excluding carboxylic acids is 1. The van der Waals surface area contributed by atoms with E-state index in [4.69, 9.17) is 4.98 Å². The summed E-state index contributed by atoms with van der Waals surface area (Å²) in [5.41, 5.74) is 1.04. The van der Waals surface area contributed by atoms with Crippen LogP contribution in [0.2, 0.25) is 0 Å². The first-order valence-electron chi connectivity index (χ1n) is 8.10. The molecule has 5 heteroatoms. The Hall–Kier alpha value is -2.43. The van der Waals surface area contributed by atoms with Gasteiger partial charge in [-0.25, -0.2) is 9.97 Å². The molecule has 0 radical (unpaired) electrons. The zero-order valence-corrected chi connectivity index (χ0v) is 13.4. The van der Waals surface area contributed by atoms with Crippen LogP contribution in [0.25, 0.3) is 11.4 Å². The minimum Gasteiger partial charge on any atom is -0.356 e. The van der Waals surface area contributed by atoms with Crippen molar-refractivity contribution in [1.82, 2.24) is 15.3 Å². The fourth-order valence-corrected chi connectivity index (χ4v) is 2.91. The Morgan fingerprint density at radius 3 is 2.65 bits per heavy atom. The Morgan fingerprint density at radius 2 is 1.96 bits per heavy atom. The summed E-state index contributed by atoms with van der Waals surface area (Å²) in [5, 5.41) is 2.92. The first kappa shape index (κ1) is 15.5. The summed E-state index contributed by atoms with van der Waals surface area (Å²) >= 11 is 0. The van der Waals surface area contributed by atoms with Crippen LogP contribution in [-0.4, -0.2) is 35.5 Å².